The molecule has 4 saturated carbocycles. The molecule has 5 aliphatic rings. The third-order valence-electron chi connectivity index (χ3n) is 10.9. The summed E-state index contributed by atoms with van der Waals surface area (Å²) in [6, 6.07) is 7.47. The number of ether oxygens (including phenoxy) is 3. The van der Waals surface area contributed by atoms with E-state index in [9.17, 15) is 4.79 Å². The summed E-state index contributed by atoms with van der Waals surface area (Å²) in [7, 11) is 2.96. The molecule has 0 amide bonds. The molecule has 4 fully saturated rings. The number of rotatable bonds is 9. The number of hydrogen-bond acceptors (Lipinski definition) is 10. The fourth-order valence-electron chi connectivity index (χ4n) is 9.10. The molecular weight excluding hydrogens is 613 g/mol. The Balaban J connectivity index is 1.07. The number of pyridine rings is 1. The molecule has 4 aliphatic carbocycles. The number of anilines is 3. The van der Waals surface area contributed by atoms with Crippen LogP contribution in [-0.2, 0) is 17.8 Å². The van der Waals surface area contributed by atoms with Gasteiger partial charge in [0.05, 0.1) is 33.2 Å². The first-order valence-corrected chi connectivity index (χ1v) is 16.8. The van der Waals surface area contributed by atoms with Crippen LogP contribution in [-0.4, -0.2) is 58.1 Å². The summed E-state index contributed by atoms with van der Waals surface area (Å²) >= 11 is 0. The fourth-order valence-corrected chi connectivity index (χ4v) is 9.10. The van der Waals surface area contributed by atoms with E-state index in [1.807, 2.05) is 30.5 Å². The van der Waals surface area contributed by atoms with Crippen LogP contribution in [0.25, 0.3) is 11.1 Å². The van der Waals surface area contributed by atoms with Crippen LogP contribution in [0.4, 0.5) is 21.8 Å². The number of aromatic nitrogens is 5. The lowest BCUT2D eigenvalue weighted by Crippen LogP contribution is -2.48. The number of nitrogens with one attached hydrogen (secondary N) is 1. The van der Waals surface area contributed by atoms with E-state index in [1.165, 1.54) is 51.8 Å². The highest BCUT2D eigenvalue weighted by molar-refractivity contribution is 6.02. The van der Waals surface area contributed by atoms with Gasteiger partial charge >= 0.3 is 5.97 Å². The fraction of sp³-hybridized carbons (Fsp3) is 0.472. The SMILES string of the molecule is COC(=O)c1c(-c2cnn(CC34CC5CC(CC(C5)C3)C4)c2C)cnc2c1OCCN2c1cnc(NCc2ccc(OC)cc2)c(F)n1. The number of carbonyl (C=O) groups excluding carboxylic acids is 1. The van der Waals surface area contributed by atoms with E-state index in [-0.39, 0.29) is 29.6 Å². The van der Waals surface area contributed by atoms with Crippen molar-refractivity contribution in [3.8, 4) is 22.6 Å². The van der Waals surface area contributed by atoms with Gasteiger partial charge in [0.2, 0.25) is 0 Å². The number of benzene rings is 1. The van der Waals surface area contributed by atoms with Crippen LogP contribution in [0.5, 0.6) is 11.5 Å². The molecule has 3 aromatic heterocycles. The Kier molecular flexibility index (Phi) is 7.68. The number of methoxy groups -OCH3 is 2. The number of hydrogen-bond donors (Lipinski definition) is 1. The molecule has 4 heterocycles. The maximum atomic E-state index is 15.2. The largest absolute Gasteiger partial charge is 0.497 e. The number of nitrogens with zero attached hydrogens (tertiary/aromatic N) is 6. The molecule has 1 aromatic carbocycles. The van der Waals surface area contributed by atoms with Gasteiger partial charge in [0, 0.05) is 36.1 Å². The van der Waals surface area contributed by atoms with Gasteiger partial charge in [-0.15, -0.1) is 0 Å². The second-order valence-corrected chi connectivity index (χ2v) is 14.0. The average Bonchev–Trinajstić information content (AvgIpc) is 3.44. The first-order chi connectivity index (χ1) is 23.3. The Hall–Kier alpha value is -4.74. The van der Waals surface area contributed by atoms with Crippen molar-refractivity contribution < 1.29 is 23.4 Å². The average molecular weight is 654 g/mol. The van der Waals surface area contributed by atoms with Gasteiger partial charge in [0.25, 0.3) is 5.95 Å². The molecule has 0 radical (unpaired) electrons. The molecule has 12 heteroatoms. The summed E-state index contributed by atoms with van der Waals surface area (Å²) in [5.41, 5.74) is 3.89. The molecule has 11 nitrogen and oxygen atoms in total. The summed E-state index contributed by atoms with van der Waals surface area (Å²) in [5, 5.41) is 7.85. The molecule has 4 bridgehead atoms. The zero-order valence-corrected chi connectivity index (χ0v) is 27.5. The number of halogens is 1. The smallest absolute Gasteiger partial charge is 0.342 e. The summed E-state index contributed by atoms with van der Waals surface area (Å²) in [4.78, 5) is 28.4. The number of esters is 1. The van der Waals surface area contributed by atoms with E-state index in [2.05, 4.69) is 26.9 Å². The first kappa shape index (κ1) is 30.6. The standard InChI is InChI=1S/C36H40FN7O4/c1-21-27(18-41-44(21)20-36-13-23-10-24(14-36)12-25(11-23)15-36)28-17-40-34-31(30(28)35(45)47-3)48-9-8-43(34)29-19-39-33(32(37)42-29)38-16-22-4-6-26(46-2)7-5-22/h4-7,17-19,23-25H,8-16,20H2,1-3H3,(H,38,39). The van der Waals surface area contributed by atoms with Gasteiger partial charge in [-0.3, -0.25) is 4.68 Å². The Morgan fingerprint density at radius 3 is 2.42 bits per heavy atom. The van der Waals surface area contributed by atoms with Crippen molar-refractivity contribution in [2.45, 2.75) is 58.5 Å². The van der Waals surface area contributed by atoms with Crippen LogP contribution in [0.15, 0.2) is 42.9 Å². The van der Waals surface area contributed by atoms with Gasteiger partial charge in [-0.05, 0) is 86.3 Å². The zero-order valence-electron chi connectivity index (χ0n) is 27.5. The van der Waals surface area contributed by atoms with Crippen LogP contribution >= 0.6 is 0 Å². The van der Waals surface area contributed by atoms with Gasteiger partial charge in [-0.1, -0.05) is 12.1 Å². The van der Waals surface area contributed by atoms with Gasteiger partial charge < -0.3 is 24.4 Å². The minimum atomic E-state index is -0.749. The summed E-state index contributed by atoms with van der Waals surface area (Å²) in [6.07, 6.45) is 13.0. The van der Waals surface area contributed by atoms with E-state index in [1.54, 1.807) is 18.2 Å². The highest BCUT2D eigenvalue weighted by atomic mass is 19.1. The Morgan fingerprint density at radius 1 is 1.02 bits per heavy atom. The van der Waals surface area contributed by atoms with Crippen molar-refractivity contribution in [3.05, 3.63) is 65.6 Å². The monoisotopic (exact) mass is 653 g/mol. The van der Waals surface area contributed by atoms with E-state index in [4.69, 9.17) is 24.3 Å². The molecule has 0 unspecified atom stereocenters. The van der Waals surface area contributed by atoms with Crippen molar-refractivity contribution in [1.82, 2.24) is 24.7 Å². The molecule has 48 heavy (non-hydrogen) atoms. The van der Waals surface area contributed by atoms with Crippen LogP contribution in [0.1, 0.15) is 60.1 Å². The van der Waals surface area contributed by atoms with Gasteiger partial charge in [0.1, 0.15) is 17.9 Å². The highest BCUT2D eigenvalue weighted by Gasteiger charge is 2.51. The van der Waals surface area contributed by atoms with Crippen LogP contribution in [0, 0.1) is 36.0 Å². The predicted octanol–water partition coefficient (Wildman–Crippen LogP) is 6.34. The van der Waals surface area contributed by atoms with Crippen LogP contribution in [0.3, 0.4) is 0 Å². The maximum Gasteiger partial charge on any atom is 0.342 e. The minimum Gasteiger partial charge on any atom is -0.497 e. The second kappa shape index (κ2) is 12.1. The number of carbonyl (C=O) groups is 1. The van der Waals surface area contributed by atoms with Gasteiger partial charge in [-0.2, -0.15) is 14.5 Å². The molecule has 250 valence electrons. The summed E-state index contributed by atoms with van der Waals surface area (Å²) < 4.78 is 33.9. The van der Waals surface area contributed by atoms with Gasteiger partial charge in [0.15, 0.2) is 23.2 Å². The number of fused-ring (bicyclic) bond motifs is 1. The Morgan fingerprint density at radius 2 is 1.75 bits per heavy atom. The van der Waals surface area contributed by atoms with Crippen molar-refractivity contribution in [1.29, 1.82) is 0 Å². The molecule has 4 aromatic rings. The van der Waals surface area contributed by atoms with Crippen molar-refractivity contribution in [3.63, 3.8) is 0 Å². The van der Waals surface area contributed by atoms with E-state index in [0.29, 0.717) is 29.9 Å². The Labute approximate surface area is 278 Å². The minimum absolute atomic E-state index is 0.0302. The van der Waals surface area contributed by atoms with Crippen LogP contribution in [0.2, 0.25) is 0 Å². The normalized spacial score (nSPS) is 23.8. The highest BCUT2D eigenvalue weighted by Crippen LogP contribution is 2.60. The lowest BCUT2D eigenvalue weighted by molar-refractivity contribution is -0.0638. The molecule has 1 N–H and O–H groups in total. The lowest BCUT2D eigenvalue weighted by Gasteiger charge is -2.56. The molecule has 9 rings (SSSR count). The van der Waals surface area contributed by atoms with Crippen molar-refractivity contribution in [2.75, 3.05) is 37.6 Å². The van der Waals surface area contributed by atoms with Crippen molar-refractivity contribution in [2.24, 2.45) is 23.2 Å². The van der Waals surface area contributed by atoms with Crippen molar-refractivity contribution >= 4 is 23.4 Å². The molecular formula is C36H40FN7O4. The molecule has 1 aliphatic heterocycles. The second-order valence-electron chi connectivity index (χ2n) is 14.0. The summed E-state index contributed by atoms with van der Waals surface area (Å²) in [6.45, 7) is 3.88. The lowest BCUT2D eigenvalue weighted by atomic mass is 9.49. The molecule has 0 saturated heterocycles. The Bertz CT molecular complexity index is 1820. The topological polar surface area (TPSA) is 117 Å². The third-order valence-corrected chi connectivity index (χ3v) is 10.9. The van der Waals surface area contributed by atoms with E-state index < -0.39 is 11.9 Å². The third kappa shape index (κ3) is 5.40. The van der Waals surface area contributed by atoms with E-state index in [0.717, 1.165) is 46.9 Å². The molecule has 0 spiro atoms. The zero-order chi connectivity index (χ0) is 33.0. The van der Waals surface area contributed by atoms with Crippen LogP contribution < -0.4 is 19.7 Å². The maximum absolute atomic E-state index is 15.2. The van der Waals surface area contributed by atoms with E-state index >= 15 is 4.39 Å². The molecule has 0 atom stereocenters. The summed E-state index contributed by atoms with van der Waals surface area (Å²) in [5.74, 6) is 2.90. The van der Waals surface area contributed by atoms with Gasteiger partial charge in [-0.25, -0.2) is 14.8 Å². The predicted molar refractivity (Wildman–Crippen MR) is 177 cm³/mol. The first-order valence-electron chi connectivity index (χ1n) is 16.8. The quantitative estimate of drug-likeness (QED) is 0.205.